The molecule has 0 heterocycles. The molecule has 1 nitrogen and oxygen atoms in total. The third kappa shape index (κ3) is 3.57. The zero-order valence-electron chi connectivity index (χ0n) is 8.51. The Hall–Kier alpha value is -0.0400. The summed E-state index contributed by atoms with van der Waals surface area (Å²) < 4.78 is 5.77. The average molecular weight is 170 g/mol. The minimum Gasteiger partial charge on any atom is -0.378 e. The standard InChI is InChI=1S/C11H22O/c1-3-4-9-12-11-7-5-10(2)6-8-11/h10-11H,3-9H2,1-2H3/t10-,11-. The summed E-state index contributed by atoms with van der Waals surface area (Å²) in [4.78, 5) is 0. The molecule has 0 saturated heterocycles. The van der Waals surface area contributed by atoms with Crippen molar-refractivity contribution in [3.05, 3.63) is 0 Å². The normalized spacial score (nSPS) is 30.5. The van der Waals surface area contributed by atoms with Crippen LogP contribution in [0.5, 0.6) is 0 Å². The van der Waals surface area contributed by atoms with Crippen LogP contribution in [0.3, 0.4) is 0 Å². The minimum atomic E-state index is 0.591. The third-order valence-corrected chi connectivity index (χ3v) is 2.81. The van der Waals surface area contributed by atoms with E-state index in [0.29, 0.717) is 6.10 Å². The van der Waals surface area contributed by atoms with E-state index >= 15 is 0 Å². The van der Waals surface area contributed by atoms with Gasteiger partial charge in [0, 0.05) is 6.61 Å². The molecule has 1 aliphatic rings. The van der Waals surface area contributed by atoms with E-state index in [4.69, 9.17) is 4.74 Å². The smallest absolute Gasteiger partial charge is 0.0575 e. The van der Waals surface area contributed by atoms with E-state index in [2.05, 4.69) is 13.8 Å². The summed E-state index contributed by atoms with van der Waals surface area (Å²) in [5.41, 5.74) is 0. The van der Waals surface area contributed by atoms with Crippen molar-refractivity contribution in [2.24, 2.45) is 5.92 Å². The molecular weight excluding hydrogens is 148 g/mol. The molecule has 1 saturated carbocycles. The molecule has 0 radical (unpaired) electrons. The summed E-state index contributed by atoms with van der Waals surface area (Å²) in [6.45, 7) is 5.55. The molecule has 72 valence electrons. The molecule has 1 aliphatic carbocycles. The summed E-state index contributed by atoms with van der Waals surface area (Å²) in [6, 6.07) is 0. The Morgan fingerprint density at radius 3 is 2.42 bits per heavy atom. The van der Waals surface area contributed by atoms with Gasteiger partial charge in [-0.2, -0.15) is 0 Å². The highest BCUT2D eigenvalue weighted by Gasteiger charge is 2.17. The molecular formula is C11H22O. The summed E-state index contributed by atoms with van der Waals surface area (Å²) in [6.07, 6.45) is 8.41. The molecule has 0 atom stereocenters. The van der Waals surface area contributed by atoms with Crippen LogP contribution < -0.4 is 0 Å². The first kappa shape index (κ1) is 10.0. The number of ether oxygens (including phenoxy) is 1. The Morgan fingerprint density at radius 1 is 1.17 bits per heavy atom. The Kier molecular flexibility index (Phi) is 4.67. The van der Waals surface area contributed by atoms with Crippen LogP contribution in [0.1, 0.15) is 52.4 Å². The van der Waals surface area contributed by atoms with Crippen molar-refractivity contribution in [1.82, 2.24) is 0 Å². The number of hydrogen-bond donors (Lipinski definition) is 0. The lowest BCUT2D eigenvalue weighted by Crippen LogP contribution is -2.20. The Bertz CT molecular complexity index is 104. The maximum absolute atomic E-state index is 5.77. The van der Waals surface area contributed by atoms with Gasteiger partial charge < -0.3 is 4.74 Å². The monoisotopic (exact) mass is 170 g/mol. The first-order valence-electron chi connectivity index (χ1n) is 5.44. The van der Waals surface area contributed by atoms with Crippen LogP contribution in [0.25, 0.3) is 0 Å². The molecule has 12 heavy (non-hydrogen) atoms. The van der Waals surface area contributed by atoms with Gasteiger partial charge in [0.2, 0.25) is 0 Å². The Balaban J connectivity index is 2.01. The second kappa shape index (κ2) is 5.58. The molecule has 0 spiro atoms. The van der Waals surface area contributed by atoms with Crippen molar-refractivity contribution < 1.29 is 4.74 Å². The number of hydrogen-bond acceptors (Lipinski definition) is 1. The van der Waals surface area contributed by atoms with Gasteiger partial charge in [-0.05, 0) is 38.0 Å². The lowest BCUT2D eigenvalue weighted by molar-refractivity contribution is 0.0185. The summed E-state index contributed by atoms with van der Waals surface area (Å²) in [5.74, 6) is 0.941. The predicted octanol–water partition coefficient (Wildman–Crippen LogP) is 3.38. The summed E-state index contributed by atoms with van der Waals surface area (Å²) >= 11 is 0. The second-order valence-corrected chi connectivity index (χ2v) is 4.11. The summed E-state index contributed by atoms with van der Waals surface area (Å²) in [5, 5.41) is 0. The van der Waals surface area contributed by atoms with E-state index in [9.17, 15) is 0 Å². The van der Waals surface area contributed by atoms with Gasteiger partial charge >= 0.3 is 0 Å². The van der Waals surface area contributed by atoms with E-state index in [1.807, 2.05) is 0 Å². The largest absolute Gasteiger partial charge is 0.378 e. The zero-order valence-corrected chi connectivity index (χ0v) is 8.51. The fraction of sp³-hybridized carbons (Fsp3) is 1.00. The van der Waals surface area contributed by atoms with Crippen molar-refractivity contribution >= 4 is 0 Å². The lowest BCUT2D eigenvalue weighted by Gasteiger charge is -2.26. The minimum absolute atomic E-state index is 0.591. The van der Waals surface area contributed by atoms with E-state index in [1.54, 1.807) is 0 Å². The van der Waals surface area contributed by atoms with Gasteiger partial charge in [-0.25, -0.2) is 0 Å². The topological polar surface area (TPSA) is 9.23 Å². The van der Waals surface area contributed by atoms with Gasteiger partial charge in [-0.15, -0.1) is 0 Å². The average Bonchev–Trinajstić information content (AvgIpc) is 2.09. The molecule has 0 amide bonds. The molecule has 0 bridgehead atoms. The lowest BCUT2D eigenvalue weighted by atomic mass is 9.89. The maximum atomic E-state index is 5.77. The van der Waals surface area contributed by atoms with E-state index < -0.39 is 0 Å². The number of unbranched alkanes of at least 4 members (excludes halogenated alkanes) is 1. The van der Waals surface area contributed by atoms with Crippen molar-refractivity contribution in [1.29, 1.82) is 0 Å². The molecule has 1 rings (SSSR count). The number of rotatable bonds is 4. The highest BCUT2D eigenvalue weighted by atomic mass is 16.5. The molecule has 0 aliphatic heterocycles. The van der Waals surface area contributed by atoms with Crippen molar-refractivity contribution in [3.8, 4) is 0 Å². The highest BCUT2D eigenvalue weighted by molar-refractivity contribution is 4.69. The van der Waals surface area contributed by atoms with E-state index in [-0.39, 0.29) is 0 Å². The van der Waals surface area contributed by atoms with Gasteiger partial charge in [0.1, 0.15) is 0 Å². The third-order valence-electron chi connectivity index (χ3n) is 2.81. The van der Waals surface area contributed by atoms with Gasteiger partial charge in [-0.3, -0.25) is 0 Å². The van der Waals surface area contributed by atoms with Gasteiger partial charge in [-0.1, -0.05) is 20.3 Å². The Labute approximate surface area is 76.5 Å². The van der Waals surface area contributed by atoms with Crippen LogP contribution in [0.4, 0.5) is 0 Å². The fourth-order valence-electron chi connectivity index (χ4n) is 1.79. The Morgan fingerprint density at radius 2 is 1.83 bits per heavy atom. The van der Waals surface area contributed by atoms with Crippen LogP contribution in [-0.2, 0) is 4.74 Å². The van der Waals surface area contributed by atoms with Gasteiger partial charge in [0.25, 0.3) is 0 Å². The molecule has 0 aromatic rings. The SMILES string of the molecule is CCCCO[C@H]1CC[C@H](C)CC1. The van der Waals surface area contributed by atoms with Gasteiger partial charge in [0.05, 0.1) is 6.10 Å². The highest BCUT2D eigenvalue weighted by Crippen LogP contribution is 2.25. The predicted molar refractivity (Wildman–Crippen MR) is 52.3 cm³/mol. The van der Waals surface area contributed by atoms with Crippen molar-refractivity contribution in [3.63, 3.8) is 0 Å². The fourth-order valence-corrected chi connectivity index (χ4v) is 1.79. The first-order chi connectivity index (χ1) is 5.83. The van der Waals surface area contributed by atoms with Crippen LogP contribution >= 0.6 is 0 Å². The van der Waals surface area contributed by atoms with Crippen LogP contribution in [0.2, 0.25) is 0 Å². The molecule has 0 aromatic heterocycles. The van der Waals surface area contributed by atoms with Crippen molar-refractivity contribution in [2.45, 2.75) is 58.5 Å². The molecule has 0 N–H and O–H groups in total. The van der Waals surface area contributed by atoms with E-state index in [1.165, 1.54) is 38.5 Å². The van der Waals surface area contributed by atoms with Crippen LogP contribution in [0, 0.1) is 5.92 Å². The molecule has 0 aromatic carbocycles. The van der Waals surface area contributed by atoms with Gasteiger partial charge in [0.15, 0.2) is 0 Å². The van der Waals surface area contributed by atoms with E-state index in [0.717, 1.165) is 12.5 Å². The summed E-state index contributed by atoms with van der Waals surface area (Å²) in [7, 11) is 0. The zero-order chi connectivity index (χ0) is 8.81. The maximum Gasteiger partial charge on any atom is 0.0575 e. The molecule has 0 unspecified atom stereocenters. The van der Waals surface area contributed by atoms with Crippen molar-refractivity contribution in [2.75, 3.05) is 6.61 Å². The second-order valence-electron chi connectivity index (χ2n) is 4.11. The first-order valence-corrected chi connectivity index (χ1v) is 5.44. The van der Waals surface area contributed by atoms with Crippen LogP contribution in [-0.4, -0.2) is 12.7 Å². The van der Waals surface area contributed by atoms with Crippen LogP contribution in [0.15, 0.2) is 0 Å². The quantitative estimate of drug-likeness (QED) is 0.588. The molecule has 1 fully saturated rings. The molecule has 1 heteroatoms.